The molecule has 0 aliphatic heterocycles. The Balaban J connectivity index is 1.28. The average molecular weight is 579 g/mol. The summed E-state index contributed by atoms with van der Waals surface area (Å²) in [6.45, 7) is 0. The van der Waals surface area contributed by atoms with Crippen LogP contribution in [0, 0.1) is 0 Å². The van der Waals surface area contributed by atoms with Crippen molar-refractivity contribution >= 4 is 80.9 Å². The van der Waals surface area contributed by atoms with Crippen LogP contribution in [-0.4, -0.2) is 4.98 Å². The lowest BCUT2D eigenvalue weighted by Crippen LogP contribution is -2.10. The second-order valence-corrected chi connectivity index (χ2v) is 12.3. The van der Waals surface area contributed by atoms with E-state index in [9.17, 15) is 0 Å². The van der Waals surface area contributed by atoms with Crippen molar-refractivity contribution in [2.45, 2.75) is 0 Å². The highest BCUT2D eigenvalue weighted by Gasteiger charge is 2.19. The fourth-order valence-electron chi connectivity index (χ4n) is 6.64. The highest BCUT2D eigenvalue weighted by Crippen LogP contribution is 2.45. The van der Waals surface area contributed by atoms with Gasteiger partial charge in [-0.1, -0.05) is 109 Å². The van der Waals surface area contributed by atoms with Crippen LogP contribution in [0.2, 0.25) is 0 Å². The van der Waals surface area contributed by atoms with Gasteiger partial charge in [-0.15, -0.1) is 11.3 Å². The van der Waals surface area contributed by atoms with E-state index >= 15 is 0 Å². The van der Waals surface area contributed by atoms with Crippen LogP contribution in [0.15, 0.2) is 158 Å². The Morgan fingerprint density at radius 2 is 1.18 bits per heavy atom. The molecule has 0 amide bonds. The number of hydrogen-bond acceptors (Lipinski definition) is 3. The number of nitrogens with zero attached hydrogens (tertiary/aromatic N) is 2. The predicted molar refractivity (Wildman–Crippen MR) is 190 cm³/mol. The summed E-state index contributed by atoms with van der Waals surface area (Å²) in [6, 6.07) is 52.9. The molecule has 2 nitrogen and oxygen atoms in total. The molecule has 0 saturated heterocycles. The maximum atomic E-state index is 4.41. The lowest BCUT2D eigenvalue weighted by Gasteiger charge is -2.27. The Kier molecular flexibility index (Phi) is 5.71. The van der Waals surface area contributed by atoms with E-state index in [0.717, 1.165) is 11.4 Å². The van der Waals surface area contributed by atoms with Crippen LogP contribution in [0.4, 0.5) is 17.1 Å². The smallest absolute Gasteiger partial charge is 0.0640 e. The van der Waals surface area contributed by atoms with Gasteiger partial charge in [-0.2, -0.15) is 0 Å². The minimum atomic E-state index is 1.12. The first-order valence-corrected chi connectivity index (χ1v) is 15.7. The van der Waals surface area contributed by atoms with Gasteiger partial charge < -0.3 is 4.90 Å². The summed E-state index contributed by atoms with van der Waals surface area (Å²) in [5.74, 6) is 0. The van der Waals surface area contributed by atoms with E-state index in [2.05, 4.69) is 155 Å². The lowest BCUT2D eigenvalue weighted by molar-refractivity contribution is 1.31. The molecule has 0 aliphatic rings. The van der Waals surface area contributed by atoms with Crippen molar-refractivity contribution < 1.29 is 0 Å². The van der Waals surface area contributed by atoms with Crippen LogP contribution in [0.5, 0.6) is 0 Å². The van der Waals surface area contributed by atoms with Crippen molar-refractivity contribution in [3.05, 3.63) is 158 Å². The molecule has 44 heavy (non-hydrogen) atoms. The van der Waals surface area contributed by atoms with Gasteiger partial charge >= 0.3 is 0 Å². The number of benzene rings is 7. The molecule has 0 radical (unpaired) electrons. The molecular formula is C41H26N2S. The molecule has 9 aromatic rings. The summed E-state index contributed by atoms with van der Waals surface area (Å²) in [5.41, 5.74) is 5.85. The van der Waals surface area contributed by atoms with Crippen molar-refractivity contribution in [2.75, 3.05) is 4.90 Å². The van der Waals surface area contributed by atoms with Crippen molar-refractivity contribution in [3.63, 3.8) is 0 Å². The Morgan fingerprint density at radius 1 is 0.477 bits per heavy atom. The standard InChI is InChI=1S/C41H26N2S/c1-2-7-27(8-3-1)28-17-19-32(20-18-28)43(38-12-6-11-37-36-23-24-42-26-39(36)44-41(37)38)33-21-22-35-31(25-33)16-15-30-14-13-29-9-4-5-10-34(29)40(30)35/h1-26H. The summed E-state index contributed by atoms with van der Waals surface area (Å²) in [6.07, 6.45) is 3.87. The molecule has 2 aromatic heterocycles. The average Bonchev–Trinajstić information content (AvgIpc) is 3.48. The number of thiophene rings is 1. The van der Waals surface area contributed by atoms with Crippen molar-refractivity contribution in [1.82, 2.24) is 4.98 Å². The zero-order valence-electron chi connectivity index (χ0n) is 23.8. The third-order valence-corrected chi connectivity index (χ3v) is 9.90. The Labute approximate surface area is 259 Å². The minimum Gasteiger partial charge on any atom is -0.309 e. The zero-order valence-corrected chi connectivity index (χ0v) is 24.6. The third kappa shape index (κ3) is 3.98. The number of anilines is 3. The molecule has 206 valence electrons. The molecule has 3 heteroatoms. The Morgan fingerprint density at radius 3 is 2.07 bits per heavy atom. The molecule has 0 spiro atoms. The van der Waals surface area contributed by atoms with Crippen LogP contribution in [0.3, 0.4) is 0 Å². The Hall–Kier alpha value is -5.51. The molecule has 0 atom stereocenters. The topological polar surface area (TPSA) is 16.1 Å². The quantitative estimate of drug-likeness (QED) is 0.193. The molecule has 9 rings (SSSR count). The number of rotatable bonds is 4. The monoisotopic (exact) mass is 578 g/mol. The van der Waals surface area contributed by atoms with E-state index in [1.165, 1.54) is 69.3 Å². The van der Waals surface area contributed by atoms with Crippen LogP contribution >= 0.6 is 11.3 Å². The van der Waals surface area contributed by atoms with Crippen LogP contribution in [-0.2, 0) is 0 Å². The number of aromatic nitrogens is 1. The highest BCUT2D eigenvalue weighted by atomic mass is 32.1. The van der Waals surface area contributed by atoms with Crippen molar-refractivity contribution in [3.8, 4) is 11.1 Å². The maximum Gasteiger partial charge on any atom is 0.0640 e. The van der Waals surface area contributed by atoms with Crippen molar-refractivity contribution in [2.24, 2.45) is 0 Å². The van der Waals surface area contributed by atoms with E-state index in [4.69, 9.17) is 0 Å². The molecule has 0 fully saturated rings. The summed E-state index contributed by atoms with van der Waals surface area (Å²) < 4.78 is 2.46. The predicted octanol–water partition coefficient (Wildman–Crippen LogP) is 12.0. The highest BCUT2D eigenvalue weighted by molar-refractivity contribution is 7.26. The molecular weight excluding hydrogens is 553 g/mol. The summed E-state index contributed by atoms with van der Waals surface area (Å²) in [4.78, 5) is 6.82. The van der Waals surface area contributed by atoms with Gasteiger partial charge in [0.2, 0.25) is 0 Å². The van der Waals surface area contributed by atoms with Crippen LogP contribution in [0.25, 0.3) is 63.6 Å². The van der Waals surface area contributed by atoms with E-state index in [1.54, 1.807) is 0 Å². The second-order valence-electron chi connectivity index (χ2n) is 11.2. The summed E-state index contributed by atoms with van der Waals surface area (Å²) in [7, 11) is 0. The number of fused-ring (bicyclic) bond motifs is 8. The van der Waals surface area contributed by atoms with Crippen LogP contribution < -0.4 is 4.90 Å². The molecule has 0 aliphatic carbocycles. The van der Waals surface area contributed by atoms with Gasteiger partial charge in [-0.3, -0.25) is 4.98 Å². The van der Waals surface area contributed by atoms with E-state index in [0.29, 0.717) is 0 Å². The minimum absolute atomic E-state index is 1.12. The Bertz CT molecular complexity index is 2490. The fourth-order valence-corrected chi connectivity index (χ4v) is 7.81. The van der Waals surface area contributed by atoms with Gasteiger partial charge in [-0.25, -0.2) is 0 Å². The first kappa shape index (κ1) is 25.0. The number of pyridine rings is 1. The van der Waals surface area contributed by atoms with Crippen LogP contribution in [0.1, 0.15) is 0 Å². The maximum absolute atomic E-state index is 4.41. The molecule has 0 saturated carbocycles. The van der Waals surface area contributed by atoms with Gasteiger partial charge in [0.25, 0.3) is 0 Å². The van der Waals surface area contributed by atoms with Gasteiger partial charge in [0.15, 0.2) is 0 Å². The molecule has 7 aromatic carbocycles. The van der Waals surface area contributed by atoms with E-state index in [1.807, 2.05) is 23.7 Å². The number of hydrogen-bond donors (Lipinski definition) is 0. The van der Waals surface area contributed by atoms with Gasteiger partial charge in [0, 0.05) is 34.5 Å². The zero-order chi connectivity index (χ0) is 29.0. The SMILES string of the molecule is c1ccc(-c2ccc(N(c3ccc4c(ccc5ccc6ccccc6c54)c3)c3cccc4c3sc3cnccc34)cc2)cc1. The van der Waals surface area contributed by atoms with Gasteiger partial charge in [0.1, 0.15) is 0 Å². The molecule has 0 N–H and O–H groups in total. The van der Waals surface area contributed by atoms with Gasteiger partial charge in [-0.05, 0) is 79.8 Å². The molecule has 2 heterocycles. The normalized spacial score (nSPS) is 11.6. The fraction of sp³-hybridized carbons (Fsp3) is 0. The lowest BCUT2D eigenvalue weighted by atomic mass is 9.96. The first-order valence-electron chi connectivity index (χ1n) is 14.9. The first-order chi connectivity index (χ1) is 21.8. The van der Waals surface area contributed by atoms with Gasteiger partial charge in [0.05, 0.1) is 15.1 Å². The largest absolute Gasteiger partial charge is 0.309 e. The van der Waals surface area contributed by atoms with E-state index in [-0.39, 0.29) is 0 Å². The van der Waals surface area contributed by atoms with Crippen molar-refractivity contribution in [1.29, 1.82) is 0 Å². The summed E-state index contributed by atoms with van der Waals surface area (Å²) >= 11 is 1.81. The third-order valence-electron chi connectivity index (χ3n) is 8.72. The summed E-state index contributed by atoms with van der Waals surface area (Å²) in [5, 5.41) is 10.1. The van der Waals surface area contributed by atoms with E-state index < -0.39 is 0 Å². The molecule has 0 bridgehead atoms. The molecule has 0 unspecified atom stereocenters. The second kappa shape index (κ2) is 10.0.